The largest absolute Gasteiger partial charge is 0.355 e. The van der Waals surface area contributed by atoms with Crippen LogP contribution in [0, 0.1) is 6.92 Å². The van der Waals surface area contributed by atoms with E-state index in [0.717, 1.165) is 18.4 Å². The predicted octanol–water partition coefficient (Wildman–Crippen LogP) is 2.05. The number of nitrogens with zero attached hydrogens (tertiary/aromatic N) is 2. The zero-order valence-corrected chi connectivity index (χ0v) is 17.7. The molecule has 0 saturated carbocycles. The number of hydrogen-bond donors (Lipinski definition) is 1. The minimum atomic E-state index is -3.47. The van der Waals surface area contributed by atoms with E-state index in [9.17, 15) is 13.2 Å². The molecule has 1 fully saturated rings. The number of carbonyl (C=O) groups is 1. The number of sulfonamides is 1. The van der Waals surface area contributed by atoms with E-state index < -0.39 is 10.0 Å². The van der Waals surface area contributed by atoms with Crippen LogP contribution >= 0.6 is 0 Å². The molecule has 1 aliphatic rings. The van der Waals surface area contributed by atoms with Gasteiger partial charge in [0.25, 0.3) is 0 Å². The first kappa shape index (κ1) is 21.5. The molecule has 1 amide bonds. The highest BCUT2D eigenvalue weighted by molar-refractivity contribution is 7.89. The maximum Gasteiger partial charge on any atom is 0.243 e. The molecule has 0 aromatic heterocycles. The molecular formula is C22H29N3O3S. The summed E-state index contributed by atoms with van der Waals surface area (Å²) >= 11 is 0. The van der Waals surface area contributed by atoms with E-state index in [1.807, 2.05) is 42.2 Å². The van der Waals surface area contributed by atoms with Crippen molar-refractivity contribution in [3.63, 3.8) is 0 Å². The van der Waals surface area contributed by atoms with Crippen LogP contribution < -0.4 is 5.32 Å². The molecule has 0 bridgehead atoms. The molecule has 2 aromatic rings. The first-order valence-corrected chi connectivity index (χ1v) is 11.5. The first-order chi connectivity index (χ1) is 13.9. The van der Waals surface area contributed by atoms with Crippen LogP contribution in [0.15, 0.2) is 59.5 Å². The van der Waals surface area contributed by atoms with Crippen molar-refractivity contribution in [1.82, 2.24) is 14.5 Å². The van der Waals surface area contributed by atoms with Gasteiger partial charge in [0.05, 0.1) is 11.4 Å². The number of carbonyl (C=O) groups excluding carboxylic acids is 1. The van der Waals surface area contributed by atoms with Crippen molar-refractivity contribution in [2.24, 2.45) is 0 Å². The highest BCUT2D eigenvalue weighted by atomic mass is 32.2. The van der Waals surface area contributed by atoms with Crippen molar-refractivity contribution in [2.45, 2.75) is 24.7 Å². The van der Waals surface area contributed by atoms with E-state index in [4.69, 9.17) is 0 Å². The van der Waals surface area contributed by atoms with E-state index in [1.54, 1.807) is 12.1 Å². The van der Waals surface area contributed by atoms with Crippen molar-refractivity contribution in [2.75, 3.05) is 39.3 Å². The third kappa shape index (κ3) is 6.13. The second-order valence-corrected chi connectivity index (χ2v) is 9.37. The molecule has 2 aromatic carbocycles. The number of aryl methyl sites for hydroxylation is 2. The van der Waals surface area contributed by atoms with Crippen LogP contribution in [0.1, 0.15) is 17.5 Å². The Hall–Kier alpha value is -2.22. The quantitative estimate of drug-likeness (QED) is 0.670. The van der Waals surface area contributed by atoms with Gasteiger partial charge in [-0.2, -0.15) is 4.31 Å². The summed E-state index contributed by atoms with van der Waals surface area (Å²) in [6.45, 7) is 4.81. The third-order valence-corrected chi connectivity index (χ3v) is 7.08. The molecule has 1 saturated heterocycles. The van der Waals surface area contributed by atoms with Gasteiger partial charge in [0, 0.05) is 32.7 Å². The number of piperazine rings is 1. The van der Waals surface area contributed by atoms with Gasteiger partial charge in [0.15, 0.2) is 0 Å². The lowest BCUT2D eigenvalue weighted by Crippen LogP contribution is -2.51. The van der Waals surface area contributed by atoms with Gasteiger partial charge in [-0.3, -0.25) is 9.69 Å². The van der Waals surface area contributed by atoms with Crippen LogP contribution in [0.3, 0.4) is 0 Å². The maximum atomic E-state index is 12.7. The molecule has 6 nitrogen and oxygen atoms in total. The number of amides is 1. The van der Waals surface area contributed by atoms with Crippen LogP contribution in [0.5, 0.6) is 0 Å². The smallest absolute Gasteiger partial charge is 0.243 e. The van der Waals surface area contributed by atoms with Crippen molar-refractivity contribution >= 4 is 15.9 Å². The standard InChI is InChI=1S/C22H29N3O3S/c1-19-9-11-21(12-10-19)29(27,28)25-16-14-24(15-17-25)18-22(26)23-13-5-8-20-6-3-2-4-7-20/h2-4,6-7,9-12H,5,8,13-18H2,1H3,(H,23,26). The minimum Gasteiger partial charge on any atom is -0.355 e. The Morgan fingerprint density at radius 1 is 0.966 bits per heavy atom. The lowest BCUT2D eigenvalue weighted by Gasteiger charge is -2.33. The van der Waals surface area contributed by atoms with Gasteiger partial charge in [-0.1, -0.05) is 48.0 Å². The molecule has 1 heterocycles. The lowest BCUT2D eigenvalue weighted by molar-refractivity contribution is -0.122. The summed E-state index contributed by atoms with van der Waals surface area (Å²) in [5.41, 5.74) is 2.30. The predicted molar refractivity (Wildman–Crippen MR) is 114 cm³/mol. The number of benzene rings is 2. The van der Waals surface area contributed by atoms with Crippen LogP contribution in [0.25, 0.3) is 0 Å². The average Bonchev–Trinajstić information content (AvgIpc) is 2.73. The molecule has 3 rings (SSSR count). The van der Waals surface area contributed by atoms with Gasteiger partial charge in [0.2, 0.25) is 15.9 Å². The zero-order chi connectivity index (χ0) is 20.7. The molecule has 0 atom stereocenters. The first-order valence-electron chi connectivity index (χ1n) is 10.0. The van der Waals surface area contributed by atoms with E-state index in [-0.39, 0.29) is 5.91 Å². The van der Waals surface area contributed by atoms with Gasteiger partial charge >= 0.3 is 0 Å². The molecule has 0 unspecified atom stereocenters. The molecule has 0 aliphatic carbocycles. The van der Waals surface area contributed by atoms with Crippen molar-refractivity contribution in [3.8, 4) is 0 Å². The number of hydrogen-bond acceptors (Lipinski definition) is 4. The Labute approximate surface area is 173 Å². The Morgan fingerprint density at radius 2 is 1.62 bits per heavy atom. The van der Waals surface area contributed by atoms with E-state index in [0.29, 0.717) is 44.2 Å². The third-order valence-electron chi connectivity index (χ3n) is 5.16. The summed E-state index contributed by atoms with van der Waals surface area (Å²) in [6.07, 6.45) is 1.84. The highest BCUT2D eigenvalue weighted by Crippen LogP contribution is 2.18. The number of nitrogens with one attached hydrogen (secondary N) is 1. The topological polar surface area (TPSA) is 69.7 Å². The van der Waals surface area contributed by atoms with Gasteiger partial charge in [-0.05, 0) is 37.5 Å². The fourth-order valence-electron chi connectivity index (χ4n) is 3.41. The van der Waals surface area contributed by atoms with E-state index in [2.05, 4.69) is 17.4 Å². The summed E-state index contributed by atoms with van der Waals surface area (Å²) in [7, 11) is -3.47. The van der Waals surface area contributed by atoms with E-state index >= 15 is 0 Å². The Balaban J connectivity index is 1.39. The molecule has 7 heteroatoms. The van der Waals surface area contributed by atoms with E-state index in [1.165, 1.54) is 9.87 Å². The van der Waals surface area contributed by atoms with Gasteiger partial charge < -0.3 is 5.32 Å². The molecular weight excluding hydrogens is 386 g/mol. The zero-order valence-electron chi connectivity index (χ0n) is 16.9. The monoisotopic (exact) mass is 415 g/mol. The Kier molecular flexibility index (Phi) is 7.41. The molecule has 0 radical (unpaired) electrons. The fraction of sp³-hybridized carbons (Fsp3) is 0.409. The summed E-state index contributed by atoms with van der Waals surface area (Å²) in [5.74, 6) is -0.00657. The number of rotatable bonds is 8. The molecule has 0 spiro atoms. The second-order valence-electron chi connectivity index (χ2n) is 7.43. The molecule has 1 aliphatic heterocycles. The van der Waals surface area contributed by atoms with Gasteiger partial charge in [0.1, 0.15) is 0 Å². The van der Waals surface area contributed by atoms with Crippen LogP contribution in [0.2, 0.25) is 0 Å². The van der Waals surface area contributed by atoms with Crippen molar-refractivity contribution < 1.29 is 13.2 Å². The summed E-state index contributed by atoms with van der Waals surface area (Å²) in [5, 5.41) is 2.96. The second kappa shape index (κ2) is 10.0. The normalized spacial score (nSPS) is 15.9. The molecule has 29 heavy (non-hydrogen) atoms. The Morgan fingerprint density at radius 3 is 2.28 bits per heavy atom. The Bertz CT molecular complexity index is 891. The summed E-state index contributed by atoms with van der Waals surface area (Å²) < 4.78 is 27.0. The minimum absolute atomic E-state index is 0.00657. The van der Waals surface area contributed by atoms with Gasteiger partial charge in [-0.15, -0.1) is 0 Å². The highest BCUT2D eigenvalue weighted by Gasteiger charge is 2.28. The van der Waals surface area contributed by atoms with Crippen LogP contribution in [-0.4, -0.2) is 62.8 Å². The molecule has 156 valence electrons. The fourth-order valence-corrected chi connectivity index (χ4v) is 4.83. The van der Waals surface area contributed by atoms with Crippen LogP contribution in [0.4, 0.5) is 0 Å². The summed E-state index contributed by atoms with van der Waals surface area (Å²) in [6, 6.07) is 17.1. The van der Waals surface area contributed by atoms with Crippen molar-refractivity contribution in [3.05, 3.63) is 65.7 Å². The maximum absolute atomic E-state index is 12.7. The average molecular weight is 416 g/mol. The molecule has 1 N–H and O–H groups in total. The van der Waals surface area contributed by atoms with Crippen molar-refractivity contribution in [1.29, 1.82) is 0 Å². The van der Waals surface area contributed by atoms with Crippen LogP contribution in [-0.2, 0) is 21.2 Å². The lowest BCUT2D eigenvalue weighted by atomic mass is 10.1. The summed E-state index contributed by atoms with van der Waals surface area (Å²) in [4.78, 5) is 14.5. The SMILES string of the molecule is Cc1ccc(S(=O)(=O)N2CCN(CC(=O)NCCCc3ccccc3)CC2)cc1. The van der Waals surface area contributed by atoms with Gasteiger partial charge in [-0.25, -0.2) is 8.42 Å².